The zero-order valence-corrected chi connectivity index (χ0v) is 21.9. The Bertz CT molecular complexity index is 925. The molecule has 1 saturated carbocycles. The second kappa shape index (κ2) is 10.8. The molecule has 192 valence electrons. The molecule has 35 heavy (non-hydrogen) atoms. The van der Waals surface area contributed by atoms with Crippen molar-refractivity contribution in [1.82, 2.24) is 14.7 Å². The number of piperidine rings is 1. The molecule has 2 saturated heterocycles. The van der Waals surface area contributed by atoms with Crippen LogP contribution in [0.25, 0.3) is 0 Å². The number of nitrogens with zero attached hydrogens (tertiary/aromatic N) is 3. The van der Waals surface area contributed by atoms with Crippen molar-refractivity contribution in [2.75, 3.05) is 39.8 Å². The van der Waals surface area contributed by atoms with Gasteiger partial charge in [0.15, 0.2) is 0 Å². The van der Waals surface area contributed by atoms with Gasteiger partial charge in [0.05, 0.1) is 12.6 Å². The minimum Gasteiger partial charge on any atom is -0.449 e. The first-order valence-electron chi connectivity index (χ1n) is 13.0. The van der Waals surface area contributed by atoms with Crippen molar-refractivity contribution in [1.29, 1.82) is 0 Å². The van der Waals surface area contributed by atoms with Crippen LogP contribution in [0.2, 0.25) is 5.02 Å². The number of ether oxygens (including phenoxy) is 1. The van der Waals surface area contributed by atoms with Crippen LogP contribution >= 0.6 is 11.6 Å². The summed E-state index contributed by atoms with van der Waals surface area (Å²) < 4.78 is 5.46. The molecule has 1 aromatic carbocycles. The van der Waals surface area contributed by atoms with Gasteiger partial charge in [-0.2, -0.15) is 0 Å². The number of likely N-dealkylation sites (tertiary alicyclic amines) is 2. The van der Waals surface area contributed by atoms with Crippen LogP contribution in [0.1, 0.15) is 63.9 Å². The van der Waals surface area contributed by atoms with Gasteiger partial charge in [-0.05, 0) is 49.8 Å². The van der Waals surface area contributed by atoms with Crippen molar-refractivity contribution in [3.63, 3.8) is 0 Å². The maximum absolute atomic E-state index is 13.5. The van der Waals surface area contributed by atoms with Crippen LogP contribution in [0.3, 0.4) is 0 Å². The lowest BCUT2D eigenvalue weighted by atomic mass is 9.93. The lowest BCUT2D eigenvalue weighted by Crippen LogP contribution is -2.46. The molecule has 0 N–H and O–H groups in total. The standard InChI is InChI=1S/C27H38ClN3O4/c1-4-5-16-35-26(34)29(3)23-18-31(17-22(23)19-6-8-21(28)9-7-19)24(32)20-10-14-30(15-11-20)25(33)27(2)12-13-27/h6-9,20,22-23H,4-5,10-18H2,1-3H3. The molecule has 4 rings (SSSR count). The molecule has 0 spiro atoms. The number of carbonyl (C=O) groups excluding carboxylic acids is 3. The van der Waals surface area contributed by atoms with Gasteiger partial charge < -0.3 is 19.4 Å². The highest BCUT2D eigenvalue weighted by molar-refractivity contribution is 6.30. The van der Waals surface area contributed by atoms with E-state index in [9.17, 15) is 14.4 Å². The molecule has 3 fully saturated rings. The Labute approximate surface area is 213 Å². The highest BCUT2D eigenvalue weighted by Gasteiger charge is 2.48. The van der Waals surface area contributed by atoms with E-state index in [0.717, 1.165) is 31.2 Å². The highest BCUT2D eigenvalue weighted by Crippen LogP contribution is 2.47. The minimum atomic E-state index is -0.350. The summed E-state index contributed by atoms with van der Waals surface area (Å²) in [4.78, 5) is 44.5. The number of benzene rings is 1. The predicted molar refractivity (Wildman–Crippen MR) is 135 cm³/mol. The summed E-state index contributed by atoms with van der Waals surface area (Å²) in [5.74, 6) is 0.272. The van der Waals surface area contributed by atoms with Crippen LogP contribution in [0.15, 0.2) is 24.3 Å². The third-order valence-corrected chi connectivity index (χ3v) is 8.31. The summed E-state index contributed by atoms with van der Waals surface area (Å²) in [7, 11) is 1.76. The van der Waals surface area contributed by atoms with Crippen molar-refractivity contribution >= 4 is 29.5 Å². The van der Waals surface area contributed by atoms with Gasteiger partial charge in [0.2, 0.25) is 11.8 Å². The molecule has 3 amide bonds. The van der Waals surface area contributed by atoms with Gasteiger partial charge in [-0.1, -0.05) is 44.0 Å². The van der Waals surface area contributed by atoms with Gasteiger partial charge in [-0.15, -0.1) is 0 Å². The van der Waals surface area contributed by atoms with E-state index >= 15 is 0 Å². The van der Waals surface area contributed by atoms with E-state index < -0.39 is 0 Å². The molecule has 0 aromatic heterocycles. The maximum atomic E-state index is 13.5. The molecule has 2 atom stereocenters. The topological polar surface area (TPSA) is 70.2 Å². The Hall–Kier alpha value is -2.28. The van der Waals surface area contributed by atoms with Crippen LogP contribution in [0.4, 0.5) is 4.79 Å². The lowest BCUT2D eigenvalue weighted by Gasteiger charge is -2.34. The number of rotatable bonds is 7. The van der Waals surface area contributed by atoms with Crippen LogP contribution in [0, 0.1) is 11.3 Å². The predicted octanol–water partition coefficient (Wildman–Crippen LogP) is 4.54. The fraction of sp³-hybridized carbons (Fsp3) is 0.667. The van der Waals surface area contributed by atoms with Crippen molar-refractivity contribution < 1.29 is 19.1 Å². The van der Waals surface area contributed by atoms with Crippen LogP contribution in [-0.2, 0) is 14.3 Å². The van der Waals surface area contributed by atoms with E-state index in [0.29, 0.717) is 50.7 Å². The number of hydrogen-bond acceptors (Lipinski definition) is 4. The minimum absolute atomic E-state index is 0.0172. The SMILES string of the molecule is CCCCOC(=O)N(C)C1CN(C(=O)C2CCN(C(=O)C3(C)CC3)CC2)CC1c1ccc(Cl)cc1. The molecular weight excluding hydrogens is 466 g/mol. The largest absolute Gasteiger partial charge is 0.449 e. The molecule has 7 nitrogen and oxygen atoms in total. The van der Waals surface area contributed by atoms with E-state index in [4.69, 9.17) is 16.3 Å². The summed E-state index contributed by atoms with van der Waals surface area (Å²) in [6, 6.07) is 7.49. The third kappa shape index (κ3) is 5.76. The second-order valence-electron chi connectivity index (χ2n) is 10.7. The molecule has 2 heterocycles. The van der Waals surface area contributed by atoms with E-state index in [-0.39, 0.29) is 41.2 Å². The molecule has 2 aliphatic heterocycles. The normalized spacial score (nSPS) is 23.8. The summed E-state index contributed by atoms with van der Waals surface area (Å²) in [6.45, 7) is 6.81. The first-order valence-corrected chi connectivity index (χ1v) is 13.3. The van der Waals surface area contributed by atoms with Gasteiger partial charge in [0.1, 0.15) is 0 Å². The van der Waals surface area contributed by atoms with Crippen LogP contribution in [-0.4, -0.2) is 78.5 Å². The van der Waals surface area contributed by atoms with Gasteiger partial charge in [0.25, 0.3) is 0 Å². The number of amides is 3. The summed E-state index contributed by atoms with van der Waals surface area (Å²) in [5, 5.41) is 0.657. The van der Waals surface area contributed by atoms with E-state index in [1.54, 1.807) is 11.9 Å². The Morgan fingerprint density at radius 2 is 1.74 bits per heavy atom. The lowest BCUT2D eigenvalue weighted by molar-refractivity contribution is -0.142. The smallest absolute Gasteiger partial charge is 0.409 e. The summed E-state index contributed by atoms with van der Waals surface area (Å²) >= 11 is 6.11. The van der Waals surface area contributed by atoms with Crippen LogP contribution < -0.4 is 0 Å². The average molecular weight is 504 g/mol. The number of halogens is 1. The van der Waals surface area contributed by atoms with E-state index in [2.05, 4.69) is 6.92 Å². The Morgan fingerprint density at radius 1 is 1.09 bits per heavy atom. The zero-order chi connectivity index (χ0) is 25.2. The third-order valence-electron chi connectivity index (χ3n) is 8.06. The monoisotopic (exact) mass is 503 g/mol. The first-order chi connectivity index (χ1) is 16.7. The van der Waals surface area contributed by atoms with Crippen molar-refractivity contribution in [3.05, 3.63) is 34.9 Å². The molecule has 1 aliphatic carbocycles. The number of likely N-dealkylation sites (N-methyl/N-ethyl adjacent to an activating group) is 1. The maximum Gasteiger partial charge on any atom is 0.409 e. The van der Waals surface area contributed by atoms with E-state index in [1.807, 2.05) is 41.0 Å². The van der Waals surface area contributed by atoms with Crippen molar-refractivity contribution in [2.45, 2.75) is 64.3 Å². The van der Waals surface area contributed by atoms with Gasteiger partial charge >= 0.3 is 6.09 Å². The summed E-state index contributed by atoms with van der Waals surface area (Å²) in [6.07, 6.45) is 4.78. The van der Waals surface area contributed by atoms with Gasteiger partial charge in [0, 0.05) is 55.5 Å². The number of unbranched alkanes of at least 4 members (excludes halogenated alkanes) is 1. The van der Waals surface area contributed by atoms with Crippen LogP contribution in [0.5, 0.6) is 0 Å². The molecule has 0 bridgehead atoms. The number of carbonyl (C=O) groups is 3. The first kappa shape index (κ1) is 25.8. The number of hydrogen-bond donors (Lipinski definition) is 0. The molecule has 2 unspecified atom stereocenters. The molecule has 1 aromatic rings. The van der Waals surface area contributed by atoms with Gasteiger partial charge in [-0.25, -0.2) is 4.79 Å². The molecule has 8 heteroatoms. The van der Waals surface area contributed by atoms with E-state index in [1.165, 1.54) is 0 Å². The zero-order valence-electron chi connectivity index (χ0n) is 21.2. The average Bonchev–Trinajstić information content (AvgIpc) is 3.47. The fourth-order valence-electron chi connectivity index (χ4n) is 5.31. The highest BCUT2D eigenvalue weighted by atomic mass is 35.5. The van der Waals surface area contributed by atoms with Crippen molar-refractivity contribution in [2.24, 2.45) is 11.3 Å². The molecular formula is C27H38ClN3O4. The van der Waals surface area contributed by atoms with Gasteiger partial charge in [-0.3, -0.25) is 9.59 Å². The second-order valence-corrected chi connectivity index (χ2v) is 11.1. The Balaban J connectivity index is 1.42. The Kier molecular flexibility index (Phi) is 7.94. The molecule has 3 aliphatic rings. The fourth-order valence-corrected chi connectivity index (χ4v) is 5.43. The van der Waals surface area contributed by atoms with Crippen molar-refractivity contribution in [3.8, 4) is 0 Å². The quantitative estimate of drug-likeness (QED) is 0.512. The Morgan fingerprint density at radius 3 is 2.34 bits per heavy atom. The molecule has 0 radical (unpaired) electrons. The summed E-state index contributed by atoms with van der Waals surface area (Å²) in [5.41, 5.74) is 0.891.